The highest BCUT2D eigenvalue weighted by Gasteiger charge is 1.61. The van der Waals surface area contributed by atoms with Gasteiger partial charge in [0.2, 0.25) is 0 Å². The van der Waals surface area contributed by atoms with Crippen LogP contribution in [0.3, 0.4) is 0 Å². The van der Waals surface area contributed by atoms with Gasteiger partial charge in [0.15, 0.2) is 0 Å². The van der Waals surface area contributed by atoms with Gasteiger partial charge in [0, 0.05) is 0 Å². The van der Waals surface area contributed by atoms with Gasteiger partial charge in [-0.05, 0) is 0 Å². The van der Waals surface area contributed by atoms with Gasteiger partial charge in [-0.2, -0.15) is 0 Å². The third-order valence-corrected chi connectivity index (χ3v) is 7.50. The summed E-state index contributed by atoms with van der Waals surface area (Å²) in [6.45, 7) is 65.4. The molecule has 390 valence electrons. The molecule has 0 atom stereocenters. The smallest absolute Gasteiger partial charge is 0.0564 e. The second-order valence-corrected chi connectivity index (χ2v) is 15.0. The summed E-state index contributed by atoms with van der Waals surface area (Å²) in [6.07, 6.45) is 39.6. The molecule has 0 rings (SSSR count). The molecule has 0 aromatic heterocycles. The zero-order valence-electron chi connectivity index (χ0n) is 51.2. The monoisotopic (exact) mass is 871 g/mol. The predicted octanol–water partition coefficient (Wildman–Crippen LogP) is 27.1. The molecule has 0 radical (unpaired) electrons. The van der Waals surface area contributed by atoms with E-state index in [0.717, 1.165) is 0 Å². The first-order valence-corrected chi connectivity index (χ1v) is 28.7. The zero-order valence-corrected chi connectivity index (χ0v) is 51.2. The fourth-order valence-corrected chi connectivity index (χ4v) is 0. The molecular formula is C60H150. The van der Waals surface area contributed by atoms with Gasteiger partial charge in [-0.15, -0.1) is 0 Å². The molecule has 60 heavy (non-hydrogen) atoms. The van der Waals surface area contributed by atoms with Gasteiger partial charge in [-0.25, -0.2) is 0 Å². The highest BCUT2D eigenvalue weighted by molar-refractivity contribution is 4.18. The molecule has 0 heterocycles. The number of unbranched alkanes of at least 4 members (excludes halogenated alkanes) is 15. The normalized spacial score (nSPS) is 7.50. The van der Waals surface area contributed by atoms with E-state index in [4.69, 9.17) is 0 Å². The standard InChI is InChI=1S/15C4H10/c15*1-3-4-2/h15*3-4H2,1-2H3. The average molecular weight is 872 g/mol. The SMILES string of the molecule is CCCC.CCCC.CCCC.CCCC.CCCC.CCCC.CCCC.CCCC.CCCC.CCCC.CCCC.CCCC.CCCC.CCCC.CCCC. The summed E-state index contributed by atoms with van der Waals surface area (Å²) in [5.41, 5.74) is 0. The highest BCUT2D eigenvalue weighted by Crippen LogP contribution is 1.82. The van der Waals surface area contributed by atoms with Gasteiger partial charge < -0.3 is 0 Å². The summed E-state index contributed by atoms with van der Waals surface area (Å²) in [7, 11) is 0. The third-order valence-electron chi connectivity index (χ3n) is 7.50. The number of hydrogen-bond donors (Lipinski definition) is 0. The number of hydrogen-bond acceptors (Lipinski definition) is 0. The van der Waals surface area contributed by atoms with Gasteiger partial charge in [0.25, 0.3) is 0 Å². The van der Waals surface area contributed by atoms with Crippen LogP contribution in [-0.2, 0) is 0 Å². The van der Waals surface area contributed by atoms with E-state index < -0.39 is 0 Å². The molecule has 0 aromatic carbocycles. The Balaban J connectivity index is -0.0000000278. The van der Waals surface area contributed by atoms with E-state index in [-0.39, 0.29) is 0 Å². The Morgan fingerprint density at radius 3 is 0.0833 bits per heavy atom. The van der Waals surface area contributed by atoms with Gasteiger partial charge in [-0.3, -0.25) is 0 Å². The molecule has 0 N–H and O–H groups in total. The van der Waals surface area contributed by atoms with Crippen LogP contribution >= 0.6 is 0 Å². The fourth-order valence-electron chi connectivity index (χ4n) is 0. The zero-order chi connectivity index (χ0) is 51.2. The average Bonchev–Trinajstić information content (AvgIpc) is 3.34. The van der Waals surface area contributed by atoms with Crippen molar-refractivity contribution in [3.05, 3.63) is 0 Å². The van der Waals surface area contributed by atoms with E-state index in [1.165, 1.54) is 193 Å². The van der Waals surface area contributed by atoms with Crippen molar-refractivity contribution in [1.29, 1.82) is 0 Å². The molecule has 0 aliphatic carbocycles. The molecule has 0 amide bonds. The van der Waals surface area contributed by atoms with E-state index >= 15 is 0 Å². The lowest BCUT2D eigenvalue weighted by atomic mass is 10.4. The second kappa shape index (κ2) is 221. The molecule has 0 bridgehead atoms. The minimum atomic E-state index is 1.32. The molecule has 0 saturated carbocycles. The van der Waals surface area contributed by atoms with Gasteiger partial charge in [0.1, 0.15) is 0 Å². The van der Waals surface area contributed by atoms with Gasteiger partial charge in [0.05, 0.1) is 0 Å². The Morgan fingerprint density at radius 2 is 0.0833 bits per heavy atom. The van der Waals surface area contributed by atoms with Crippen LogP contribution in [0.4, 0.5) is 0 Å². The summed E-state index contributed by atoms with van der Waals surface area (Å²) in [4.78, 5) is 0. The third kappa shape index (κ3) is 838. The highest BCUT2D eigenvalue weighted by atomic mass is 13.7. The Kier molecular flexibility index (Phi) is 379. The van der Waals surface area contributed by atoms with Crippen molar-refractivity contribution in [1.82, 2.24) is 0 Å². The van der Waals surface area contributed by atoms with Gasteiger partial charge >= 0.3 is 0 Å². The van der Waals surface area contributed by atoms with Crippen LogP contribution in [0.1, 0.15) is 400 Å². The van der Waals surface area contributed by atoms with Crippen LogP contribution in [-0.4, -0.2) is 0 Å². The Labute approximate surface area is 398 Å². The van der Waals surface area contributed by atoms with Crippen molar-refractivity contribution in [2.75, 3.05) is 0 Å². The first kappa shape index (κ1) is 103. The summed E-state index contributed by atoms with van der Waals surface area (Å²) >= 11 is 0. The Bertz CT molecular complexity index is 147. The lowest BCUT2D eigenvalue weighted by Crippen LogP contribution is -1.47. The summed E-state index contributed by atoms with van der Waals surface area (Å²) in [6, 6.07) is 0. The topological polar surface area (TPSA) is 0 Å². The fraction of sp³-hybridized carbons (Fsp3) is 1.00. The molecule has 0 aromatic rings. The first-order valence-electron chi connectivity index (χ1n) is 28.7. The summed E-state index contributed by atoms with van der Waals surface area (Å²) in [5.74, 6) is 0. The summed E-state index contributed by atoms with van der Waals surface area (Å²) in [5, 5.41) is 0. The van der Waals surface area contributed by atoms with Crippen molar-refractivity contribution < 1.29 is 0 Å². The molecule has 0 nitrogen and oxygen atoms in total. The van der Waals surface area contributed by atoms with Crippen molar-refractivity contribution in [3.63, 3.8) is 0 Å². The van der Waals surface area contributed by atoms with Crippen LogP contribution < -0.4 is 0 Å². The minimum absolute atomic E-state index is 1.32. The van der Waals surface area contributed by atoms with Crippen LogP contribution in [0.25, 0.3) is 0 Å². The maximum atomic E-state index is 2.18. The summed E-state index contributed by atoms with van der Waals surface area (Å²) < 4.78 is 0. The number of rotatable bonds is 15. The molecule has 0 saturated heterocycles. The van der Waals surface area contributed by atoms with Crippen molar-refractivity contribution in [2.45, 2.75) is 400 Å². The maximum absolute atomic E-state index is 2.18. The van der Waals surface area contributed by atoms with E-state index in [2.05, 4.69) is 208 Å². The van der Waals surface area contributed by atoms with Crippen molar-refractivity contribution in [2.24, 2.45) is 0 Å². The Morgan fingerprint density at radius 1 is 0.0667 bits per heavy atom. The lowest BCUT2D eigenvalue weighted by Gasteiger charge is -1.68. The van der Waals surface area contributed by atoms with Crippen LogP contribution in [0.15, 0.2) is 0 Å². The molecule has 0 fully saturated rings. The van der Waals surface area contributed by atoms with E-state index in [1.807, 2.05) is 0 Å². The van der Waals surface area contributed by atoms with Crippen molar-refractivity contribution in [3.8, 4) is 0 Å². The van der Waals surface area contributed by atoms with Crippen LogP contribution in [0.5, 0.6) is 0 Å². The van der Waals surface area contributed by atoms with Gasteiger partial charge in [-0.1, -0.05) is 400 Å². The van der Waals surface area contributed by atoms with E-state index in [0.29, 0.717) is 0 Å². The quantitative estimate of drug-likeness (QED) is 0.154. The predicted molar refractivity (Wildman–Crippen MR) is 309 cm³/mol. The van der Waals surface area contributed by atoms with E-state index in [9.17, 15) is 0 Å². The second-order valence-electron chi connectivity index (χ2n) is 15.0. The lowest BCUT2D eigenvalue weighted by molar-refractivity contribution is 0.886. The van der Waals surface area contributed by atoms with Crippen LogP contribution in [0.2, 0.25) is 0 Å². The molecule has 0 aliphatic rings. The van der Waals surface area contributed by atoms with Crippen molar-refractivity contribution >= 4 is 0 Å². The Hall–Kier alpha value is 0. The molecule has 0 aliphatic heterocycles. The molecule has 0 heteroatoms. The van der Waals surface area contributed by atoms with Crippen LogP contribution in [0, 0.1) is 0 Å². The first-order chi connectivity index (χ1) is 28.7. The van der Waals surface area contributed by atoms with E-state index in [1.54, 1.807) is 0 Å². The minimum Gasteiger partial charge on any atom is -0.0654 e. The largest absolute Gasteiger partial charge is 0.0654 e. The molecule has 0 unspecified atom stereocenters. The molecular weight excluding hydrogens is 721 g/mol. The maximum Gasteiger partial charge on any atom is -0.0564 e. The molecule has 0 spiro atoms.